The van der Waals surface area contributed by atoms with Crippen LogP contribution in [0.4, 0.5) is 0 Å². The molecule has 1 N–H and O–H groups in total. The summed E-state index contributed by atoms with van der Waals surface area (Å²) in [6.07, 6.45) is 7.08. The Balaban J connectivity index is 1.71. The predicted molar refractivity (Wildman–Crippen MR) is 98.2 cm³/mol. The van der Waals surface area contributed by atoms with Gasteiger partial charge in [-0.2, -0.15) is 11.8 Å². The smallest absolute Gasteiger partial charge is 0.261 e. The molecule has 1 aliphatic carbocycles. The van der Waals surface area contributed by atoms with Gasteiger partial charge >= 0.3 is 0 Å². The van der Waals surface area contributed by atoms with Crippen molar-refractivity contribution in [1.29, 1.82) is 0 Å². The first-order valence-electron chi connectivity index (χ1n) is 8.82. The third kappa shape index (κ3) is 6.09. The molecular formula is C19H29NO2S. The van der Waals surface area contributed by atoms with Crippen LogP contribution in [0.25, 0.3) is 0 Å². The molecule has 0 spiro atoms. The molecule has 3 nitrogen and oxygen atoms in total. The normalized spacial score (nSPS) is 16.8. The summed E-state index contributed by atoms with van der Waals surface area (Å²) in [5.74, 6) is 1.79. The molecule has 0 heterocycles. The van der Waals surface area contributed by atoms with E-state index in [4.69, 9.17) is 4.74 Å². The van der Waals surface area contributed by atoms with Crippen molar-refractivity contribution >= 4 is 17.7 Å². The highest BCUT2D eigenvalue weighted by Crippen LogP contribution is 2.27. The first-order valence-corrected chi connectivity index (χ1v) is 9.87. The van der Waals surface area contributed by atoms with E-state index < -0.39 is 6.10 Å². The first kappa shape index (κ1) is 18.2. The van der Waals surface area contributed by atoms with Gasteiger partial charge in [-0.15, -0.1) is 0 Å². The van der Waals surface area contributed by atoms with E-state index in [-0.39, 0.29) is 5.91 Å². The van der Waals surface area contributed by atoms with Gasteiger partial charge in [-0.3, -0.25) is 4.79 Å². The molecule has 2 rings (SSSR count). The molecule has 1 aliphatic rings. The molecule has 128 valence electrons. The Labute approximate surface area is 144 Å². The number of ether oxygens (including phenoxy) is 1. The third-order valence-corrected chi connectivity index (χ3v) is 5.72. The fourth-order valence-electron chi connectivity index (χ4n) is 2.91. The lowest BCUT2D eigenvalue weighted by Crippen LogP contribution is -2.39. The average molecular weight is 336 g/mol. The fraction of sp³-hybridized carbons (Fsp3) is 0.632. The van der Waals surface area contributed by atoms with Crippen molar-refractivity contribution in [3.05, 3.63) is 29.8 Å². The second-order valence-electron chi connectivity index (χ2n) is 6.20. The molecule has 1 atom stereocenters. The monoisotopic (exact) mass is 335 g/mol. The third-order valence-electron chi connectivity index (χ3n) is 4.33. The van der Waals surface area contributed by atoms with Crippen molar-refractivity contribution in [2.24, 2.45) is 0 Å². The van der Waals surface area contributed by atoms with E-state index in [2.05, 4.69) is 5.32 Å². The van der Waals surface area contributed by atoms with Gasteiger partial charge in [0.15, 0.2) is 6.10 Å². The summed E-state index contributed by atoms with van der Waals surface area (Å²) in [5.41, 5.74) is 1.06. The van der Waals surface area contributed by atoms with E-state index in [1.54, 1.807) is 0 Å². The van der Waals surface area contributed by atoms with Gasteiger partial charge in [0.25, 0.3) is 5.91 Å². The Morgan fingerprint density at radius 1 is 1.30 bits per heavy atom. The summed E-state index contributed by atoms with van der Waals surface area (Å²) in [4.78, 5) is 12.3. The van der Waals surface area contributed by atoms with Gasteiger partial charge in [-0.05, 0) is 37.8 Å². The predicted octanol–water partition coefficient (Wildman–Crippen LogP) is 4.33. The first-order chi connectivity index (χ1) is 11.2. The molecule has 0 radical (unpaired) electrons. The summed E-state index contributed by atoms with van der Waals surface area (Å²) in [6, 6.07) is 7.84. The molecule has 0 unspecified atom stereocenters. The van der Waals surface area contributed by atoms with Crippen molar-refractivity contribution in [3.8, 4) is 5.75 Å². The van der Waals surface area contributed by atoms with Crippen LogP contribution in [0.3, 0.4) is 0 Å². The van der Waals surface area contributed by atoms with Crippen molar-refractivity contribution in [2.75, 3.05) is 12.3 Å². The second-order valence-corrected chi connectivity index (χ2v) is 7.61. The van der Waals surface area contributed by atoms with Crippen molar-refractivity contribution in [2.45, 2.75) is 63.7 Å². The van der Waals surface area contributed by atoms with Crippen molar-refractivity contribution in [3.63, 3.8) is 0 Å². The van der Waals surface area contributed by atoms with E-state index in [0.717, 1.165) is 28.9 Å². The molecule has 1 amide bonds. The van der Waals surface area contributed by atoms with Gasteiger partial charge in [0, 0.05) is 17.5 Å². The number of thioether (sulfide) groups is 1. The number of benzene rings is 1. The Hall–Kier alpha value is -1.16. The lowest BCUT2D eigenvalue weighted by Gasteiger charge is -2.21. The summed E-state index contributed by atoms with van der Waals surface area (Å²) in [6.45, 7) is 4.72. The minimum absolute atomic E-state index is 0.00000257. The molecule has 1 aromatic carbocycles. The Morgan fingerprint density at radius 3 is 2.74 bits per heavy atom. The standard InChI is InChI=1S/C19H29NO2S/c1-3-17(22-18-12-8-7-9-15(18)2)19(21)20-13-14-23-16-10-5-4-6-11-16/h7-9,12,16-17H,3-6,10-11,13-14H2,1-2H3,(H,20,21)/t17-/m1/s1. The molecule has 1 saturated carbocycles. The Bertz CT molecular complexity index is 486. The second kappa shape index (κ2) is 9.86. The van der Waals surface area contributed by atoms with Crippen LogP contribution in [0.2, 0.25) is 0 Å². The van der Waals surface area contributed by atoms with E-state index in [1.807, 2.05) is 49.9 Å². The summed E-state index contributed by atoms with van der Waals surface area (Å²) in [5, 5.41) is 3.83. The number of amides is 1. The zero-order valence-electron chi connectivity index (χ0n) is 14.3. The highest BCUT2D eigenvalue weighted by Gasteiger charge is 2.19. The number of nitrogens with one attached hydrogen (secondary N) is 1. The minimum Gasteiger partial charge on any atom is -0.480 e. The van der Waals surface area contributed by atoms with Gasteiger partial charge in [0.2, 0.25) is 0 Å². The summed E-state index contributed by atoms with van der Waals surface area (Å²) < 4.78 is 5.88. The van der Waals surface area contributed by atoms with Crippen molar-refractivity contribution in [1.82, 2.24) is 5.32 Å². The zero-order chi connectivity index (χ0) is 16.5. The molecular weight excluding hydrogens is 306 g/mol. The Morgan fingerprint density at radius 2 is 2.04 bits per heavy atom. The number of carbonyl (C=O) groups excluding carboxylic acids is 1. The van der Waals surface area contributed by atoms with Crippen molar-refractivity contribution < 1.29 is 9.53 Å². The minimum atomic E-state index is -0.407. The number of hydrogen-bond donors (Lipinski definition) is 1. The lowest BCUT2D eigenvalue weighted by atomic mass is 10.0. The maximum Gasteiger partial charge on any atom is 0.261 e. The maximum absolute atomic E-state index is 12.3. The Kier molecular flexibility index (Phi) is 7.80. The molecule has 0 aliphatic heterocycles. The van der Waals surface area contributed by atoms with Gasteiger partial charge in [-0.25, -0.2) is 0 Å². The van der Waals surface area contributed by atoms with Crippen LogP contribution in [0.1, 0.15) is 51.0 Å². The van der Waals surface area contributed by atoms with Gasteiger partial charge in [0.05, 0.1) is 0 Å². The number of para-hydroxylation sites is 1. The van der Waals surface area contributed by atoms with Crippen LogP contribution in [-0.4, -0.2) is 29.6 Å². The lowest BCUT2D eigenvalue weighted by molar-refractivity contribution is -0.128. The molecule has 0 aromatic heterocycles. The largest absolute Gasteiger partial charge is 0.480 e. The number of aryl methyl sites for hydroxylation is 1. The van der Waals surface area contributed by atoms with Gasteiger partial charge < -0.3 is 10.1 Å². The van der Waals surface area contributed by atoms with Crippen LogP contribution >= 0.6 is 11.8 Å². The van der Waals surface area contributed by atoms with Crippen LogP contribution in [0, 0.1) is 6.92 Å². The van der Waals surface area contributed by atoms with Crippen LogP contribution in [-0.2, 0) is 4.79 Å². The number of rotatable bonds is 8. The van der Waals surface area contributed by atoms with Crippen LogP contribution in [0.5, 0.6) is 5.75 Å². The number of hydrogen-bond acceptors (Lipinski definition) is 3. The molecule has 0 saturated heterocycles. The zero-order valence-corrected chi connectivity index (χ0v) is 15.2. The molecule has 1 fully saturated rings. The average Bonchev–Trinajstić information content (AvgIpc) is 2.59. The maximum atomic E-state index is 12.3. The molecule has 0 bridgehead atoms. The molecule has 23 heavy (non-hydrogen) atoms. The van der Waals surface area contributed by atoms with E-state index in [0.29, 0.717) is 6.42 Å². The van der Waals surface area contributed by atoms with Gasteiger partial charge in [-0.1, -0.05) is 44.4 Å². The van der Waals surface area contributed by atoms with Crippen LogP contribution in [0.15, 0.2) is 24.3 Å². The van der Waals surface area contributed by atoms with E-state index in [1.165, 1.54) is 32.1 Å². The molecule has 4 heteroatoms. The fourth-order valence-corrected chi connectivity index (χ4v) is 4.13. The van der Waals surface area contributed by atoms with E-state index >= 15 is 0 Å². The highest BCUT2D eigenvalue weighted by atomic mass is 32.2. The number of carbonyl (C=O) groups is 1. The SMILES string of the molecule is CC[C@@H](Oc1ccccc1C)C(=O)NCCSC1CCCCC1. The van der Waals surface area contributed by atoms with Gasteiger partial charge in [0.1, 0.15) is 5.75 Å². The topological polar surface area (TPSA) is 38.3 Å². The highest BCUT2D eigenvalue weighted by molar-refractivity contribution is 7.99. The van der Waals surface area contributed by atoms with Crippen LogP contribution < -0.4 is 10.1 Å². The molecule has 1 aromatic rings. The summed E-state index contributed by atoms with van der Waals surface area (Å²) in [7, 11) is 0. The quantitative estimate of drug-likeness (QED) is 0.718. The summed E-state index contributed by atoms with van der Waals surface area (Å²) >= 11 is 2.01. The van der Waals surface area contributed by atoms with E-state index in [9.17, 15) is 4.79 Å².